The number of hydrogen-bond acceptors (Lipinski definition) is 3. The fourth-order valence-electron chi connectivity index (χ4n) is 2.98. The van der Waals surface area contributed by atoms with Gasteiger partial charge in [-0.3, -0.25) is 0 Å². The Hall–Kier alpha value is -2.72. The number of para-hydroxylation sites is 1. The largest absolute Gasteiger partial charge is 0.476 e. The van der Waals surface area contributed by atoms with E-state index in [0.717, 1.165) is 16.2 Å². The Labute approximate surface area is 176 Å². The van der Waals surface area contributed by atoms with Gasteiger partial charge in [0.1, 0.15) is 16.5 Å². The van der Waals surface area contributed by atoms with Crippen molar-refractivity contribution in [1.82, 2.24) is 0 Å². The molecule has 3 nitrogen and oxygen atoms in total. The number of hydrogen-bond donors (Lipinski definition) is 0. The van der Waals surface area contributed by atoms with Gasteiger partial charge in [0, 0.05) is 0 Å². The van der Waals surface area contributed by atoms with E-state index in [4.69, 9.17) is 9.47 Å². The van der Waals surface area contributed by atoms with Crippen LogP contribution >= 0.6 is 0 Å². The number of benzene rings is 3. The van der Waals surface area contributed by atoms with Crippen LogP contribution in [0.3, 0.4) is 0 Å². The Morgan fingerprint density at radius 1 is 0.828 bits per heavy atom. The van der Waals surface area contributed by atoms with Crippen molar-refractivity contribution in [2.75, 3.05) is 6.61 Å². The molecule has 0 heterocycles. The van der Waals surface area contributed by atoms with Gasteiger partial charge in [0.2, 0.25) is 4.90 Å². The Morgan fingerprint density at radius 2 is 1.38 bits per heavy atom. The summed E-state index contributed by atoms with van der Waals surface area (Å²) in [5.41, 5.74) is 0.461. The molecule has 3 rings (SSSR count). The monoisotopic (exact) mass is 407 g/mol. The number of ether oxygens (including phenoxy) is 2. The molecule has 0 unspecified atom stereocenters. The van der Waals surface area contributed by atoms with Gasteiger partial charge in [0.25, 0.3) is 0 Å². The lowest BCUT2D eigenvalue weighted by molar-refractivity contribution is -0.157. The van der Waals surface area contributed by atoms with E-state index in [-0.39, 0.29) is 23.5 Å². The van der Waals surface area contributed by atoms with Crippen molar-refractivity contribution in [2.45, 2.75) is 48.0 Å². The van der Waals surface area contributed by atoms with E-state index >= 15 is 0 Å². The van der Waals surface area contributed by atoms with E-state index in [1.165, 1.54) is 9.79 Å². The third-order valence-electron chi connectivity index (χ3n) is 4.11. The molecule has 0 fully saturated rings. The Kier molecular flexibility index (Phi) is 6.65. The minimum atomic E-state index is -0.534. The Bertz CT molecular complexity index is 907. The van der Waals surface area contributed by atoms with Crippen LogP contribution in [-0.4, -0.2) is 18.2 Å². The first-order chi connectivity index (χ1) is 13.8. The first-order valence-corrected chi connectivity index (χ1v) is 10.9. The van der Waals surface area contributed by atoms with Crippen LogP contribution in [-0.2, 0) is 20.4 Å². The van der Waals surface area contributed by atoms with E-state index in [1.54, 1.807) is 0 Å². The highest BCUT2D eigenvalue weighted by Crippen LogP contribution is 2.38. The van der Waals surface area contributed by atoms with Crippen molar-refractivity contribution in [3.05, 3.63) is 84.4 Å². The standard InChI is InChI=1S/C25H27O3S/c1-19-12-11-17-22(24(19)27-18-23(26)28-25(2,3)4)29(20-13-7-5-8-14-20)21-15-9-6-10-16-21/h5-17H,18H2,1-4H3/q+1. The molecule has 0 aliphatic heterocycles. The van der Waals surface area contributed by atoms with Crippen LogP contribution in [0.1, 0.15) is 26.3 Å². The quantitative estimate of drug-likeness (QED) is 0.382. The summed E-state index contributed by atoms with van der Waals surface area (Å²) in [6.07, 6.45) is 0. The van der Waals surface area contributed by atoms with Crippen molar-refractivity contribution in [1.29, 1.82) is 0 Å². The number of carbonyl (C=O) groups excluding carboxylic acids is 1. The van der Waals surface area contributed by atoms with Gasteiger partial charge in [-0.2, -0.15) is 0 Å². The molecule has 0 amide bonds. The predicted molar refractivity (Wildman–Crippen MR) is 118 cm³/mol. The summed E-state index contributed by atoms with van der Waals surface area (Å²) in [6.45, 7) is 7.45. The van der Waals surface area contributed by atoms with Gasteiger partial charge < -0.3 is 9.47 Å². The zero-order valence-electron chi connectivity index (χ0n) is 17.3. The second-order valence-electron chi connectivity index (χ2n) is 7.71. The molecular formula is C25H27O3S+. The summed E-state index contributed by atoms with van der Waals surface area (Å²) in [6, 6.07) is 26.9. The molecule has 3 aromatic carbocycles. The molecule has 0 saturated carbocycles. The van der Waals surface area contributed by atoms with Gasteiger partial charge in [-0.25, -0.2) is 4.79 Å². The average molecular weight is 408 g/mol. The van der Waals surface area contributed by atoms with Crippen LogP contribution in [0.25, 0.3) is 0 Å². The third kappa shape index (κ3) is 5.64. The fourth-order valence-corrected chi connectivity index (χ4v) is 5.24. The van der Waals surface area contributed by atoms with Crippen molar-refractivity contribution in [2.24, 2.45) is 0 Å². The fraction of sp³-hybridized carbons (Fsp3) is 0.240. The molecule has 0 saturated heterocycles. The van der Waals surface area contributed by atoms with E-state index < -0.39 is 5.60 Å². The highest BCUT2D eigenvalue weighted by Gasteiger charge is 2.33. The highest BCUT2D eigenvalue weighted by molar-refractivity contribution is 7.97. The lowest BCUT2D eigenvalue weighted by Crippen LogP contribution is -2.27. The zero-order chi connectivity index (χ0) is 20.9. The zero-order valence-corrected chi connectivity index (χ0v) is 18.2. The first-order valence-electron chi connectivity index (χ1n) is 9.64. The second-order valence-corrected chi connectivity index (χ2v) is 9.70. The molecule has 0 aliphatic rings. The number of carbonyl (C=O) groups is 1. The Balaban J connectivity index is 1.99. The van der Waals surface area contributed by atoms with Crippen LogP contribution in [0, 0.1) is 6.92 Å². The van der Waals surface area contributed by atoms with Crippen LogP contribution in [0.4, 0.5) is 0 Å². The van der Waals surface area contributed by atoms with Crippen molar-refractivity contribution in [3.63, 3.8) is 0 Å². The molecule has 0 aliphatic carbocycles. The molecule has 4 heteroatoms. The molecule has 0 spiro atoms. The summed E-state index contributed by atoms with van der Waals surface area (Å²) in [4.78, 5) is 15.7. The van der Waals surface area contributed by atoms with E-state index in [1.807, 2.05) is 52.0 Å². The summed E-state index contributed by atoms with van der Waals surface area (Å²) >= 11 is 0. The average Bonchev–Trinajstić information content (AvgIpc) is 2.68. The molecule has 0 N–H and O–H groups in total. The first kappa shape index (κ1) is 21.0. The lowest BCUT2D eigenvalue weighted by atomic mass is 10.2. The summed E-state index contributed by atoms with van der Waals surface area (Å²) in [5, 5.41) is 0. The minimum absolute atomic E-state index is 0.115. The maximum Gasteiger partial charge on any atom is 0.344 e. The predicted octanol–water partition coefficient (Wildman–Crippen LogP) is 5.81. The van der Waals surface area contributed by atoms with E-state index in [2.05, 4.69) is 54.6 Å². The van der Waals surface area contributed by atoms with Crippen molar-refractivity contribution in [3.8, 4) is 5.75 Å². The minimum Gasteiger partial charge on any atom is -0.476 e. The van der Waals surface area contributed by atoms with Gasteiger partial charge in [-0.15, -0.1) is 0 Å². The van der Waals surface area contributed by atoms with Gasteiger partial charge in [-0.05, 0) is 63.6 Å². The van der Waals surface area contributed by atoms with Gasteiger partial charge in [0.05, 0.1) is 0 Å². The second kappa shape index (κ2) is 9.19. The molecule has 0 bridgehead atoms. The van der Waals surface area contributed by atoms with Crippen LogP contribution < -0.4 is 4.74 Å². The number of rotatable bonds is 6. The maximum atomic E-state index is 12.2. The normalized spacial score (nSPS) is 11.3. The van der Waals surface area contributed by atoms with Gasteiger partial charge >= 0.3 is 5.97 Å². The molecular weight excluding hydrogens is 380 g/mol. The molecule has 3 aromatic rings. The van der Waals surface area contributed by atoms with Gasteiger partial charge in [0.15, 0.2) is 22.1 Å². The molecule has 0 atom stereocenters. The van der Waals surface area contributed by atoms with Crippen LogP contribution in [0.5, 0.6) is 5.75 Å². The molecule has 150 valence electrons. The topological polar surface area (TPSA) is 35.5 Å². The maximum absolute atomic E-state index is 12.2. The summed E-state index contributed by atoms with van der Waals surface area (Å²) < 4.78 is 11.4. The molecule has 0 radical (unpaired) electrons. The van der Waals surface area contributed by atoms with E-state index in [0.29, 0.717) is 0 Å². The summed E-state index contributed by atoms with van der Waals surface area (Å²) in [5.74, 6) is 0.375. The van der Waals surface area contributed by atoms with Crippen LogP contribution in [0.2, 0.25) is 0 Å². The smallest absolute Gasteiger partial charge is 0.344 e. The van der Waals surface area contributed by atoms with Gasteiger partial charge in [-0.1, -0.05) is 48.5 Å². The van der Waals surface area contributed by atoms with Crippen LogP contribution in [0.15, 0.2) is 93.5 Å². The van der Waals surface area contributed by atoms with E-state index in [9.17, 15) is 4.79 Å². The lowest BCUT2D eigenvalue weighted by Gasteiger charge is -2.20. The molecule has 29 heavy (non-hydrogen) atoms. The SMILES string of the molecule is Cc1cccc([S+](c2ccccc2)c2ccccc2)c1OCC(=O)OC(C)(C)C. The third-order valence-corrected chi connectivity index (χ3v) is 6.36. The van der Waals surface area contributed by atoms with Crippen molar-refractivity contribution < 1.29 is 14.3 Å². The molecule has 0 aromatic heterocycles. The number of esters is 1. The summed E-state index contributed by atoms with van der Waals surface area (Å²) in [7, 11) is -0.347. The Morgan fingerprint density at radius 3 is 1.90 bits per heavy atom. The van der Waals surface area contributed by atoms with Crippen molar-refractivity contribution >= 4 is 16.9 Å². The highest BCUT2D eigenvalue weighted by atomic mass is 32.2. The number of aryl methyl sites for hydroxylation is 1.